The third-order valence-electron chi connectivity index (χ3n) is 3.79. The number of aryl methyl sites for hydroxylation is 3. The van der Waals surface area contributed by atoms with Gasteiger partial charge in [-0.05, 0) is 0 Å². The molecule has 0 atom stereocenters. The number of hydrogen-bond donors (Lipinski definition) is 1. The number of benzene rings is 2. The Kier molecular flexibility index (Phi) is 5.30. The first-order valence-corrected chi connectivity index (χ1v) is 8.36. The van der Waals surface area contributed by atoms with Crippen LogP contribution >= 0.6 is 0 Å². The second-order valence-corrected chi connectivity index (χ2v) is 6.87. The Balaban J connectivity index is 0.000000433. The Morgan fingerprint density at radius 3 is 2.30 bits per heavy atom. The van der Waals surface area contributed by atoms with Crippen LogP contribution in [-0.2, 0) is 4.79 Å². The van der Waals surface area contributed by atoms with Crippen LogP contribution in [0.3, 0.4) is 0 Å². The van der Waals surface area contributed by atoms with Crippen LogP contribution in [0.5, 0.6) is 0 Å². The van der Waals surface area contributed by atoms with E-state index in [9.17, 15) is 4.79 Å². The van der Waals surface area contributed by atoms with E-state index in [0.29, 0.717) is 10.8 Å². The third-order valence-corrected chi connectivity index (χ3v) is 4.53. The monoisotopic (exact) mass is 320 g/mol. The van der Waals surface area contributed by atoms with Gasteiger partial charge in [0.1, 0.15) is 0 Å². The molecule has 23 heavy (non-hydrogen) atoms. The fourth-order valence-corrected chi connectivity index (χ4v) is 3.43. The van der Waals surface area contributed by atoms with Crippen LogP contribution in [0.15, 0.2) is 33.5 Å². The van der Waals surface area contributed by atoms with E-state index in [2.05, 4.69) is 6.07 Å². The van der Waals surface area contributed by atoms with Crippen LogP contribution in [0.2, 0.25) is 0 Å². The van der Waals surface area contributed by atoms with Gasteiger partial charge in [0.25, 0.3) is 5.97 Å². The fraction of sp³-hybridized carbons (Fsp3) is 0.222. The van der Waals surface area contributed by atoms with Crippen LogP contribution in [0.4, 0.5) is 0 Å². The van der Waals surface area contributed by atoms with Crippen molar-refractivity contribution in [2.24, 2.45) is 0 Å². The maximum atomic E-state index is 12.6. The van der Waals surface area contributed by atoms with Gasteiger partial charge in [0, 0.05) is 6.92 Å². The number of aliphatic carboxylic acids is 1. The average molecular weight is 320 g/mol. The minimum atomic E-state index is -0.833. The van der Waals surface area contributed by atoms with E-state index < -0.39 is 5.97 Å². The second kappa shape index (κ2) is 6.87. The van der Waals surface area contributed by atoms with E-state index in [1.807, 2.05) is 39.0 Å². The first-order valence-electron chi connectivity index (χ1n) is 7.36. The fourth-order valence-electron chi connectivity index (χ4n) is 2.61. The van der Waals surface area contributed by atoms with Crippen LogP contribution in [-0.4, -0.2) is 39.0 Å². The summed E-state index contributed by atoms with van der Waals surface area (Å²) in [7, 11) is 0. The number of fused-ring (bicyclic) bond motifs is 2. The van der Waals surface area contributed by atoms with Gasteiger partial charge < -0.3 is 5.11 Å². The molecule has 0 saturated heterocycles. The predicted molar refractivity (Wildman–Crippen MR) is 92.9 cm³/mol. The maximum absolute atomic E-state index is 12.6. The van der Waals surface area contributed by atoms with Crippen molar-refractivity contribution in [2.75, 3.05) is 0 Å². The summed E-state index contributed by atoms with van der Waals surface area (Å²) in [5, 5.41) is 8.81. The summed E-state index contributed by atoms with van der Waals surface area (Å²) in [5.74, 6) is -0.833. The van der Waals surface area contributed by atoms with Crippen molar-refractivity contribution in [1.29, 1.82) is 0 Å². The molecular formula is C18H17NaO4. The zero-order valence-corrected chi connectivity index (χ0v) is 16.0. The van der Waals surface area contributed by atoms with Crippen molar-refractivity contribution in [3.8, 4) is 0 Å². The second-order valence-electron chi connectivity index (χ2n) is 5.79. The molecule has 0 unspecified atom stereocenters. The minimum absolute atomic E-state index is 0.0835. The van der Waals surface area contributed by atoms with Crippen molar-refractivity contribution in [3.05, 3.63) is 51.2 Å². The zero-order valence-electron chi connectivity index (χ0n) is 14.0. The summed E-state index contributed by atoms with van der Waals surface area (Å²) in [6.07, 6.45) is 0. The van der Waals surface area contributed by atoms with Crippen molar-refractivity contribution in [1.82, 2.24) is 0 Å². The summed E-state index contributed by atoms with van der Waals surface area (Å²) < 4.78 is 7.21. The van der Waals surface area contributed by atoms with Crippen LogP contribution in [0, 0.1) is 20.8 Å². The van der Waals surface area contributed by atoms with Crippen LogP contribution < -0.4 is 8.24 Å². The van der Waals surface area contributed by atoms with Gasteiger partial charge in [0.05, 0.1) is 0 Å². The molecule has 3 aromatic rings. The van der Waals surface area contributed by atoms with Crippen LogP contribution in [0.25, 0.3) is 21.9 Å². The Labute approximate surface area is 151 Å². The molecular weight excluding hydrogens is 303 g/mol. The van der Waals surface area contributed by atoms with Gasteiger partial charge >= 0.3 is 129 Å². The zero-order chi connectivity index (χ0) is 17.3. The molecule has 1 heterocycles. The molecule has 2 aromatic carbocycles. The van der Waals surface area contributed by atoms with Crippen molar-refractivity contribution in [3.63, 3.8) is 0 Å². The molecule has 3 rings (SSSR count). The summed E-state index contributed by atoms with van der Waals surface area (Å²) in [4.78, 5) is 21.6. The summed E-state index contributed by atoms with van der Waals surface area (Å²) in [6.45, 7) is 7.15. The van der Waals surface area contributed by atoms with Gasteiger partial charge in [-0.1, -0.05) is 0 Å². The topological polar surface area (TPSA) is 67.5 Å². The van der Waals surface area contributed by atoms with E-state index in [1.165, 1.54) is 0 Å². The van der Waals surface area contributed by atoms with Crippen molar-refractivity contribution < 1.29 is 14.3 Å². The Morgan fingerprint density at radius 1 is 1.09 bits per heavy atom. The van der Waals surface area contributed by atoms with Gasteiger partial charge in [0.2, 0.25) is 0 Å². The molecule has 0 aliphatic carbocycles. The summed E-state index contributed by atoms with van der Waals surface area (Å²) >= 11 is 0.873. The predicted octanol–water partition coefficient (Wildman–Crippen LogP) is 2.76. The molecule has 0 amide bonds. The molecule has 0 aliphatic rings. The average Bonchev–Trinajstić information content (AvgIpc) is 2.44. The van der Waals surface area contributed by atoms with Gasteiger partial charge in [0.15, 0.2) is 0 Å². The van der Waals surface area contributed by atoms with Crippen molar-refractivity contribution >= 4 is 58.7 Å². The standard InChI is InChI=1S/C16H13O2.C2H4O2.Na/c1-9-4-7-14-13(8-9)15(17)12-6-5-10(2)11(3)16(12)18-14;1-2(3)4;/h4-6,8H,1-3H3;1H3,(H,3,4);. The number of carboxylic acids is 1. The van der Waals surface area contributed by atoms with E-state index in [0.717, 1.165) is 65.5 Å². The van der Waals surface area contributed by atoms with Gasteiger partial charge in [-0.3, -0.25) is 4.79 Å². The van der Waals surface area contributed by atoms with Gasteiger partial charge in [-0.15, -0.1) is 0 Å². The molecule has 0 saturated carbocycles. The Bertz CT molecular complexity index is 966. The van der Waals surface area contributed by atoms with E-state index in [1.54, 1.807) is 0 Å². The molecule has 0 fully saturated rings. The molecule has 4 nitrogen and oxygen atoms in total. The van der Waals surface area contributed by atoms with Crippen LogP contribution in [0.1, 0.15) is 23.6 Å². The molecule has 0 aliphatic heterocycles. The SMILES string of the molecule is CC(=O)O.Cc1c[c]([Na])c2oc3c(C)c(C)ccc3c(=O)c2c1. The van der Waals surface area contributed by atoms with Gasteiger partial charge in [-0.2, -0.15) is 0 Å². The molecule has 1 N–H and O–H groups in total. The summed E-state index contributed by atoms with van der Waals surface area (Å²) in [5.41, 5.74) is 4.91. The van der Waals surface area contributed by atoms with E-state index in [4.69, 9.17) is 14.3 Å². The van der Waals surface area contributed by atoms with Gasteiger partial charge in [-0.25, -0.2) is 0 Å². The summed E-state index contributed by atoms with van der Waals surface area (Å²) in [6, 6.07) is 7.89. The molecule has 114 valence electrons. The number of carboxylic acid groups (broad SMARTS) is 1. The molecule has 5 heteroatoms. The van der Waals surface area contributed by atoms with E-state index >= 15 is 0 Å². The van der Waals surface area contributed by atoms with Crippen molar-refractivity contribution in [2.45, 2.75) is 27.7 Å². The molecule has 0 radical (unpaired) electrons. The molecule has 0 bridgehead atoms. The Morgan fingerprint density at radius 2 is 1.70 bits per heavy atom. The molecule has 0 spiro atoms. The number of rotatable bonds is 0. The first-order chi connectivity index (χ1) is 10.7. The number of hydrogen-bond acceptors (Lipinski definition) is 3. The van der Waals surface area contributed by atoms with E-state index in [-0.39, 0.29) is 5.43 Å². The molecule has 1 aromatic heterocycles. The normalized spacial score (nSPS) is 10.5. The quantitative estimate of drug-likeness (QED) is 0.511. The Hall–Kier alpha value is -1.62. The number of carbonyl (C=O) groups is 1. The third kappa shape index (κ3) is 3.66. The first kappa shape index (κ1) is 17.7.